The molecule has 0 aliphatic rings. The first kappa shape index (κ1) is 9.59. The van der Waals surface area contributed by atoms with Crippen molar-refractivity contribution in [1.29, 1.82) is 0 Å². The number of halogens is 1. The predicted molar refractivity (Wildman–Crippen MR) is 49.5 cm³/mol. The molecule has 0 N–H and O–H groups in total. The summed E-state index contributed by atoms with van der Waals surface area (Å²) in [4.78, 5) is 0. The van der Waals surface area contributed by atoms with Crippen molar-refractivity contribution >= 4 is 11.6 Å². The highest BCUT2D eigenvalue weighted by Gasteiger charge is 2.01. The molecule has 0 aliphatic carbocycles. The smallest absolute Gasteiger partial charge is 0.137 e. The molecule has 1 aromatic rings. The Balaban J connectivity index is 2.41. The van der Waals surface area contributed by atoms with Gasteiger partial charge in [0, 0.05) is 18.4 Å². The molecular weight excluding hydrogens is 174 g/mol. The minimum atomic E-state index is 0.684. The van der Waals surface area contributed by atoms with E-state index in [9.17, 15) is 0 Å². The molecule has 0 radical (unpaired) electrons. The minimum Gasteiger partial charge on any atom is -0.361 e. The number of hydrogen-bond donors (Lipinski definition) is 0. The highest BCUT2D eigenvalue weighted by molar-refractivity contribution is 6.17. The molecule has 0 saturated heterocycles. The van der Waals surface area contributed by atoms with Crippen molar-refractivity contribution in [2.45, 2.75) is 32.6 Å². The number of nitrogens with zero attached hydrogens (tertiary/aromatic N) is 1. The van der Waals surface area contributed by atoms with Crippen LogP contribution in [0.4, 0.5) is 0 Å². The van der Waals surface area contributed by atoms with Crippen LogP contribution in [-0.4, -0.2) is 11.0 Å². The second kappa shape index (κ2) is 5.20. The zero-order valence-electron chi connectivity index (χ0n) is 7.35. The van der Waals surface area contributed by atoms with Gasteiger partial charge in [0.25, 0.3) is 0 Å². The van der Waals surface area contributed by atoms with Crippen molar-refractivity contribution in [1.82, 2.24) is 5.16 Å². The maximum absolute atomic E-state index is 5.56. The van der Waals surface area contributed by atoms with Crippen LogP contribution in [0.15, 0.2) is 10.6 Å². The molecule has 0 atom stereocenters. The number of aromatic nitrogens is 1. The summed E-state index contributed by atoms with van der Waals surface area (Å²) in [6, 6.07) is 2.02. The molecule has 0 amide bonds. The third kappa shape index (κ3) is 2.86. The van der Waals surface area contributed by atoms with E-state index in [1.807, 2.05) is 6.07 Å². The highest BCUT2D eigenvalue weighted by Crippen LogP contribution is 2.08. The summed E-state index contributed by atoms with van der Waals surface area (Å²) in [5.41, 5.74) is 1.06. The monoisotopic (exact) mass is 187 g/mol. The first-order chi connectivity index (χ1) is 5.86. The fraction of sp³-hybridized carbons (Fsp3) is 0.667. The average Bonchev–Trinajstić information content (AvgIpc) is 2.50. The lowest BCUT2D eigenvalue weighted by molar-refractivity contribution is 0.376. The standard InChI is InChI=1S/C9H14ClNO/c1-2-4-8-7-9(12-11-8)5-3-6-10/h7H,2-6H2,1H3. The van der Waals surface area contributed by atoms with Crippen LogP contribution in [0.1, 0.15) is 31.2 Å². The Labute approximate surface area is 77.9 Å². The molecule has 0 fully saturated rings. The van der Waals surface area contributed by atoms with E-state index in [0.717, 1.165) is 37.1 Å². The number of aryl methyl sites for hydroxylation is 2. The third-order valence-electron chi connectivity index (χ3n) is 1.67. The molecule has 1 aromatic heterocycles. The second-order valence-corrected chi connectivity index (χ2v) is 3.21. The number of hydrogen-bond acceptors (Lipinski definition) is 2. The maximum Gasteiger partial charge on any atom is 0.137 e. The van der Waals surface area contributed by atoms with E-state index in [1.165, 1.54) is 0 Å². The summed E-state index contributed by atoms with van der Waals surface area (Å²) in [6.07, 6.45) is 3.98. The quantitative estimate of drug-likeness (QED) is 0.663. The number of rotatable bonds is 5. The van der Waals surface area contributed by atoms with Crippen molar-refractivity contribution in [2.75, 3.05) is 5.88 Å². The van der Waals surface area contributed by atoms with Gasteiger partial charge in [0.1, 0.15) is 5.76 Å². The van der Waals surface area contributed by atoms with E-state index in [-0.39, 0.29) is 0 Å². The molecule has 2 nitrogen and oxygen atoms in total. The van der Waals surface area contributed by atoms with Crippen LogP contribution in [0.5, 0.6) is 0 Å². The Hall–Kier alpha value is -0.500. The van der Waals surface area contributed by atoms with E-state index in [4.69, 9.17) is 16.1 Å². The molecule has 1 rings (SSSR count). The summed E-state index contributed by atoms with van der Waals surface area (Å²) >= 11 is 5.56. The fourth-order valence-electron chi connectivity index (χ4n) is 1.09. The molecule has 0 spiro atoms. The predicted octanol–water partition coefficient (Wildman–Crippen LogP) is 2.80. The van der Waals surface area contributed by atoms with Gasteiger partial charge >= 0.3 is 0 Å². The van der Waals surface area contributed by atoms with Gasteiger partial charge in [-0.1, -0.05) is 18.5 Å². The van der Waals surface area contributed by atoms with Gasteiger partial charge in [-0.15, -0.1) is 11.6 Å². The van der Waals surface area contributed by atoms with Crippen LogP contribution in [0.2, 0.25) is 0 Å². The van der Waals surface area contributed by atoms with E-state index in [0.29, 0.717) is 5.88 Å². The first-order valence-electron chi connectivity index (χ1n) is 4.37. The summed E-state index contributed by atoms with van der Waals surface area (Å²) in [7, 11) is 0. The molecule has 12 heavy (non-hydrogen) atoms. The molecule has 0 unspecified atom stereocenters. The largest absolute Gasteiger partial charge is 0.361 e. The molecule has 68 valence electrons. The van der Waals surface area contributed by atoms with E-state index in [1.54, 1.807) is 0 Å². The van der Waals surface area contributed by atoms with Gasteiger partial charge in [0.2, 0.25) is 0 Å². The van der Waals surface area contributed by atoms with E-state index < -0.39 is 0 Å². The molecule has 0 bridgehead atoms. The molecule has 1 heterocycles. The third-order valence-corrected chi connectivity index (χ3v) is 1.94. The maximum atomic E-state index is 5.56. The number of alkyl halides is 1. The zero-order valence-corrected chi connectivity index (χ0v) is 8.10. The normalized spacial score (nSPS) is 10.5. The Morgan fingerprint density at radius 1 is 1.50 bits per heavy atom. The lowest BCUT2D eigenvalue weighted by Crippen LogP contribution is -1.82. The van der Waals surface area contributed by atoms with Crippen LogP contribution in [-0.2, 0) is 12.8 Å². The van der Waals surface area contributed by atoms with Gasteiger partial charge in [0.15, 0.2) is 0 Å². The average molecular weight is 188 g/mol. The van der Waals surface area contributed by atoms with Gasteiger partial charge in [-0.2, -0.15) is 0 Å². The van der Waals surface area contributed by atoms with Crippen LogP contribution < -0.4 is 0 Å². The van der Waals surface area contributed by atoms with Crippen LogP contribution in [0.3, 0.4) is 0 Å². The topological polar surface area (TPSA) is 26.0 Å². The van der Waals surface area contributed by atoms with Crippen molar-refractivity contribution in [3.05, 3.63) is 17.5 Å². The fourth-order valence-corrected chi connectivity index (χ4v) is 1.22. The van der Waals surface area contributed by atoms with Gasteiger partial charge in [-0.25, -0.2) is 0 Å². The summed E-state index contributed by atoms with van der Waals surface area (Å²) in [5, 5.41) is 3.94. The Morgan fingerprint density at radius 2 is 2.33 bits per heavy atom. The lowest BCUT2D eigenvalue weighted by atomic mass is 10.2. The first-order valence-corrected chi connectivity index (χ1v) is 4.90. The van der Waals surface area contributed by atoms with Crippen molar-refractivity contribution in [3.63, 3.8) is 0 Å². The van der Waals surface area contributed by atoms with Gasteiger partial charge in [-0.3, -0.25) is 0 Å². The molecular formula is C9H14ClNO. The summed E-state index contributed by atoms with van der Waals surface area (Å²) < 4.78 is 5.11. The van der Waals surface area contributed by atoms with Gasteiger partial charge in [0.05, 0.1) is 5.69 Å². The van der Waals surface area contributed by atoms with Crippen molar-refractivity contribution in [2.24, 2.45) is 0 Å². The van der Waals surface area contributed by atoms with Crippen molar-refractivity contribution in [3.8, 4) is 0 Å². The van der Waals surface area contributed by atoms with Crippen LogP contribution >= 0.6 is 11.6 Å². The van der Waals surface area contributed by atoms with Crippen LogP contribution in [0.25, 0.3) is 0 Å². The van der Waals surface area contributed by atoms with Crippen LogP contribution in [0, 0.1) is 0 Å². The van der Waals surface area contributed by atoms with E-state index >= 15 is 0 Å². The Morgan fingerprint density at radius 3 is 3.00 bits per heavy atom. The molecule has 0 saturated carbocycles. The van der Waals surface area contributed by atoms with Crippen molar-refractivity contribution < 1.29 is 4.52 Å². The van der Waals surface area contributed by atoms with E-state index in [2.05, 4.69) is 12.1 Å². The summed E-state index contributed by atoms with van der Waals surface area (Å²) in [5.74, 6) is 1.64. The Bertz CT molecular complexity index is 222. The SMILES string of the molecule is CCCc1cc(CCCCl)on1. The van der Waals surface area contributed by atoms with Gasteiger partial charge < -0.3 is 4.52 Å². The molecule has 0 aliphatic heterocycles. The highest BCUT2D eigenvalue weighted by atomic mass is 35.5. The molecule has 0 aromatic carbocycles. The minimum absolute atomic E-state index is 0.684. The summed E-state index contributed by atoms with van der Waals surface area (Å²) in [6.45, 7) is 2.13. The Kier molecular flexibility index (Phi) is 4.15. The molecule has 3 heteroatoms. The zero-order chi connectivity index (χ0) is 8.81. The lowest BCUT2D eigenvalue weighted by Gasteiger charge is -1.87. The second-order valence-electron chi connectivity index (χ2n) is 2.83. The van der Waals surface area contributed by atoms with Gasteiger partial charge in [-0.05, 0) is 12.8 Å².